The van der Waals surface area contributed by atoms with Gasteiger partial charge in [0.2, 0.25) is 0 Å². The lowest BCUT2D eigenvalue weighted by atomic mass is 9.97. The first-order chi connectivity index (χ1) is 6.65. The molecule has 14 heavy (non-hydrogen) atoms. The summed E-state index contributed by atoms with van der Waals surface area (Å²) in [6, 6.07) is 0. The van der Waals surface area contributed by atoms with Crippen LogP contribution in [0, 0.1) is 0 Å². The van der Waals surface area contributed by atoms with E-state index in [0.717, 1.165) is 37.0 Å². The predicted octanol–water partition coefficient (Wildman–Crippen LogP) is 3.22. The normalized spacial score (nSPS) is 19.8. The quantitative estimate of drug-likeness (QED) is 0.690. The molecular formula is C12H20O2. The zero-order valence-electron chi connectivity index (χ0n) is 9.43. The summed E-state index contributed by atoms with van der Waals surface area (Å²) in [6.07, 6.45) is 5.01. The standard InChI is InChI=1S/C12H20O2/c1-4-6-9(2)14-12-8-5-7-11(13)10(12)3/h9H,4-8H2,1-3H3. The average Bonchev–Trinajstić information content (AvgIpc) is 2.13. The largest absolute Gasteiger partial charge is 0.495 e. The fraction of sp³-hybridized carbons (Fsp3) is 0.750. The molecular weight excluding hydrogens is 176 g/mol. The van der Waals surface area contributed by atoms with Crippen molar-refractivity contribution >= 4 is 5.78 Å². The van der Waals surface area contributed by atoms with Gasteiger partial charge in [-0.15, -0.1) is 0 Å². The van der Waals surface area contributed by atoms with Gasteiger partial charge >= 0.3 is 0 Å². The average molecular weight is 196 g/mol. The van der Waals surface area contributed by atoms with Crippen LogP contribution in [0.25, 0.3) is 0 Å². The molecule has 0 aromatic heterocycles. The molecule has 80 valence electrons. The Labute approximate surface area is 86.3 Å². The van der Waals surface area contributed by atoms with Gasteiger partial charge in [-0.3, -0.25) is 4.79 Å². The maximum Gasteiger partial charge on any atom is 0.161 e. The van der Waals surface area contributed by atoms with Gasteiger partial charge in [0, 0.05) is 18.4 Å². The molecule has 0 saturated heterocycles. The van der Waals surface area contributed by atoms with Gasteiger partial charge in [-0.25, -0.2) is 0 Å². The van der Waals surface area contributed by atoms with Crippen LogP contribution in [-0.4, -0.2) is 11.9 Å². The monoisotopic (exact) mass is 196 g/mol. The van der Waals surface area contributed by atoms with E-state index in [1.807, 2.05) is 6.92 Å². The van der Waals surface area contributed by atoms with E-state index in [1.54, 1.807) is 0 Å². The van der Waals surface area contributed by atoms with Crippen LogP contribution in [0.5, 0.6) is 0 Å². The molecule has 0 fully saturated rings. The third-order valence-corrected chi connectivity index (χ3v) is 2.68. The summed E-state index contributed by atoms with van der Waals surface area (Å²) in [5.41, 5.74) is 0.846. The SMILES string of the molecule is CCCC(C)OC1=C(C)C(=O)CCC1. The number of ketones is 1. The number of allylic oxidation sites excluding steroid dienone is 2. The van der Waals surface area contributed by atoms with Gasteiger partial charge in [0.1, 0.15) is 5.76 Å². The lowest BCUT2D eigenvalue weighted by molar-refractivity contribution is -0.116. The van der Waals surface area contributed by atoms with Crippen LogP contribution >= 0.6 is 0 Å². The Morgan fingerprint density at radius 3 is 2.79 bits per heavy atom. The number of hydrogen-bond acceptors (Lipinski definition) is 2. The predicted molar refractivity (Wildman–Crippen MR) is 57.0 cm³/mol. The zero-order valence-corrected chi connectivity index (χ0v) is 9.43. The van der Waals surface area contributed by atoms with Gasteiger partial charge in [-0.1, -0.05) is 13.3 Å². The number of carbonyl (C=O) groups excluding carboxylic acids is 1. The molecule has 0 amide bonds. The Morgan fingerprint density at radius 2 is 2.14 bits per heavy atom. The van der Waals surface area contributed by atoms with Crippen molar-refractivity contribution in [2.45, 2.75) is 59.0 Å². The molecule has 0 radical (unpaired) electrons. The number of carbonyl (C=O) groups is 1. The molecule has 1 aliphatic rings. The first-order valence-corrected chi connectivity index (χ1v) is 5.54. The number of hydrogen-bond donors (Lipinski definition) is 0. The minimum Gasteiger partial charge on any atom is -0.495 e. The van der Waals surface area contributed by atoms with Crippen molar-refractivity contribution in [2.75, 3.05) is 0 Å². The summed E-state index contributed by atoms with van der Waals surface area (Å²) >= 11 is 0. The van der Waals surface area contributed by atoms with E-state index in [2.05, 4.69) is 13.8 Å². The molecule has 0 aromatic carbocycles. The van der Waals surface area contributed by atoms with Gasteiger partial charge < -0.3 is 4.74 Å². The highest BCUT2D eigenvalue weighted by atomic mass is 16.5. The number of rotatable bonds is 4. The summed E-state index contributed by atoms with van der Waals surface area (Å²) in [7, 11) is 0. The van der Waals surface area contributed by atoms with Crippen LogP contribution in [0.4, 0.5) is 0 Å². The topological polar surface area (TPSA) is 26.3 Å². The van der Waals surface area contributed by atoms with Crippen LogP contribution in [-0.2, 0) is 9.53 Å². The fourth-order valence-corrected chi connectivity index (χ4v) is 1.80. The first-order valence-electron chi connectivity index (χ1n) is 5.54. The van der Waals surface area contributed by atoms with E-state index in [-0.39, 0.29) is 11.9 Å². The summed E-state index contributed by atoms with van der Waals surface area (Å²) in [5.74, 6) is 1.19. The van der Waals surface area contributed by atoms with Gasteiger partial charge in [-0.2, -0.15) is 0 Å². The maximum absolute atomic E-state index is 11.4. The lowest BCUT2D eigenvalue weighted by Gasteiger charge is -2.21. The van der Waals surface area contributed by atoms with Crippen LogP contribution in [0.15, 0.2) is 11.3 Å². The smallest absolute Gasteiger partial charge is 0.161 e. The van der Waals surface area contributed by atoms with Crippen molar-refractivity contribution in [1.82, 2.24) is 0 Å². The minimum atomic E-state index is 0.246. The molecule has 1 unspecified atom stereocenters. The highest BCUT2D eigenvalue weighted by Gasteiger charge is 2.19. The molecule has 1 atom stereocenters. The Morgan fingerprint density at radius 1 is 1.43 bits per heavy atom. The van der Waals surface area contributed by atoms with E-state index in [0.29, 0.717) is 6.42 Å². The molecule has 0 aromatic rings. The molecule has 0 bridgehead atoms. The molecule has 0 spiro atoms. The number of Topliss-reactive ketones (excluding diaryl/α,β-unsaturated/α-hetero) is 1. The Bertz CT molecular complexity index is 241. The third kappa shape index (κ3) is 2.86. The van der Waals surface area contributed by atoms with E-state index >= 15 is 0 Å². The fourth-order valence-electron chi connectivity index (χ4n) is 1.80. The van der Waals surface area contributed by atoms with Crippen molar-refractivity contribution in [3.8, 4) is 0 Å². The van der Waals surface area contributed by atoms with Crippen molar-refractivity contribution in [2.24, 2.45) is 0 Å². The molecule has 0 N–H and O–H groups in total. The molecule has 1 rings (SSSR count). The van der Waals surface area contributed by atoms with Crippen LogP contribution in [0.2, 0.25) is 0 Å². The molecule has 0 heterocycles. The third-order valence-electron chi connectivity index (χ3n) is 2.68. The van der Waals surface area contributed by atoms with Crippen LogP contribution < -0.4 is 0 Å². The first kappa shape index (κ1) is 11.3. The highest BCUT2D eigenvalue weighted by molar-refractivity contribution is 5.95. The van der Waals surface area contributed by atoms with Gasteiger partial charge in [-0.05, 0) is 26.7 Å². The molecule has 1 aliphatic carbocycles. The highest BCUT2D eigenvalue weighted by Crippen LogP contribution is 2.24. The Kier molecular flexibility index (Phi) is 4.18. The van der Waals surface area contributed by atoms with Crippen molar-refractivity contribution in [3.05, 3.63) is 11.3 Å². The second kappa shape index (κ2) is 5.18. The van der Waals surface area contributed by atoms with Gasteiger partial charge in [0.25, 0.3) is 0 Å². The van der Waals surface area contributed by atoms with Crippen molar-refractivity contribution < 1.29 is 9.53 Å². The summed E-state index contributed by atoms with van der Waals surface area (Å²) in [4.78, 5) is 11.4. The second-order valence-corrected chi connectivity index (χ2v) is 4.04. The Hall–Kier alpha value is -0.790. The maximum atomic E-state index is 11.4. The van der Waals surface area contributed by atoms with Crippen molar-refractivity contribution in [1.29, 1.82) is 0 Å². The van der Waals surface area contributed by atoms with Gasteiger partial charge in [0.05, 0.1) is 6.10 Å². The second-order valence-electron chi connectivity index (χ2n) is 4.04. The summed E-state index contributed by atoms with van der Waals surface area (Å²) < 4.78 is 5.77. The van der Waals surface area contributed by atoms with E-state index in [1.165, 1.54) is 0 Å². The van der Waals surface area contributed by atoms with Crippen LogP contribution in [0.1, 0.15) is 52.9 Å². The summed E-state index contributed by atoms with van der Waals surface area (Å²) in [5, 5.41) is 0. The zero-order chi connectivity index (χ0) is 10.6. The van der Waals surface area contributed by atoms with E-state index in [4.69, 9.17) is 4.74 Å². The number of ether oxygens (including phenoxy) is 1. The minimum absolute atomic E-state index is 0.246. The Balaban J connectivity index is 2.58. The lowest BCUT2D eigenvalue weighted by Crippen LogP contribution is -2.15. The molecule has 2 nitrogen and oxygen atoms in total. The molecule has 0 saturated carbocycles. The summed E-state index contributed by atoms with van der Waals surface area (Å²) in [6.45, 7) is 6.10. The molecule has 0 aliphatic heterocycles. The van der Waals surface area contributed by atoms with E-state index < -0.39 is 0 Å². The van der Waals surface area contributed by atoms with Crippen LogP contribution in [0.3, 0.4) is 0 Å². The van der Waals surface area contributed by atoms with E-state index in [9.17, 15) is 4.79 Å². The molecule has 2 heteroatoms. The van der Waals surface area contributed by atoms with Crippen molar-refractivity contribution in [3.63, 3.8) is 0 Å². The van der Waals surface area contributed by atoms with Gasteiger partial charge in [0.15, 0.2) is 5.78 Å².